The molecule has 1 aliphatic rings. The summed E-state index contributed by atoms with van der Waals surface area (Å²) in [7, 11) is 0. The Morgan fingerprint density at radius 2 is 2.27 bits per heavy atom. The fourth-order valence-electron chi connectivity index (χ4n) is 2.53. The van der Waals surface area contributed by atoms with Crippen molar-refractivity contribution < 1.29 is 9.18 Å². The molecule has 0 radical (unpaired) electrons. The van der Waals surface area contributed by atoms with Gasteiger partial charge in [-0.15, -0.1) is 0 Å². The van der Waals surface area contributed by atoms with Gasteiger partial charge in [0.2, 0.25) is 0 Å². The molecule has 1 aliphatic carbocycles. The molecule has 6 nitrogen and oxygen atoms in total. The van der Waals surface area contributed by atoms with Crippen molar-refractivity contribution in [1.82, 2.24) is 20.1 Å². The maximum absolute atomic E-state index is 13.4. The van der Waals surface area contributed by atoms with Crippen LogP contribution in [-0.4, -0.2) is 27.2 Å². The van der Waals surface area contributed by atoms with Gasteiger partial charge in [-0.05, 0) is 30.9 Å². The van der Waals surface area contributed by atoms with Crippen LogP contribution in [0.5, 0.6) is 0 Å². The molecular weight excluding hydrogens is 287 g/mol. The molecule has 2 heterocycles. The number of rotatable bonds is 4. The standard InChI is InChI=1S/C15H15FN4O2/c16-12-9-17-5-4-11(12)15(22)18-6-7-20-14(21)8-10-2-1-3-13(10)19-20/h4-5,8-9H,1-3,6-7H2,(H,18,22). The highest BCUT2D eigenvalue weighted by molar-refractivity contribution is 5.94. The lowest BCUT2D eigenvalue weighted by Gasteiger charge is -2.08. The third-order valence-electron chi connectivity index (χ3n) is 3.65. The van der Waals surface area contributed by atoms with E-state index in [0.717, 1.165) is 36.7 Å². The molecule has 0 spiro atoms. The molecule has 0 unspecified atom stereocenters. The van der Waals surface area contributed by atoms with Crippen molar-refractivity contribution in [3.8, 4) is 0 Å². The number of aromatic nitrogens is 3. The van der Waals surface area contributed by atoms with Gasteiger partial charge in [-0.25, -0.2) is 9.07 Å². The van der Waals surface area contributed by atoms with Gasteiger partial charge in [0.15, 0.2) is 5.82 Å². The molecule has 1 amide bonds. The van der Waals surface area contributed by atoms with Crippen molar-refractivity contribution in [1.29, 1.82) is 0 Å². The number of nitrogens with zero attached hydrogens (tertiary/aromatic N) is 3. The summed E-state index contributed by atoms with van der Waals surface area (Å²) in [5.74, 6) is -1.21. The van der Waals surface area contributed by atoms with Crippen LogP contribution in [0.3, 0.4) is 0 Å². The predicted molar refractivity (Wildman–Crippen MR) is 77.1 cm³/mol. The quantitative estimate of drug-likeness (QED) is 0.902. The van der Waals surface area contributed by atoms with Crippen LogP contribution in [0.25, 0.3) is 0 Å². The Bertz CT molecular complexity index is 772. The van der Waals surface area contributed by atoms with Gasteiger partial charge in [0, 0.05) is 18.8 Å². The summed E-state index contributed by atoms with van der Waals surface area (Å²) >= 11 is 0. The second-order valence-corrected chi connectivity index (χ2v) is 5.14. The average molecular weight is 302 g/mol. The van der Waals surface area contributed by atoms with Gasteiger partial charge in [0.05, 0.1) is 24.0 Å². The Labute approximate surface area is 126 Å². The largest absolute Gasteiger partial charge is 0.350 e. The molecule has 0 bridgehead atoms. The summed E-state index contributed by atoms with van der Waals surface area (Å²) < 4.78 is 14.8. The molecule has 0 atom stereocenters. The first-order chi connectivity index (χ1) is 10.6. The fraction of sp³-hybridized carbons (Fsp3) is 0.333. The van der Waals surface area contributed by atoms with Gasteiger partial charge in [-0.1, -0.05) is 0 Å². The highest BCUT2D eigenvalue weighted by Gasteiger charge is 2.15. The van der Waals surface area contributed by atoms with Gasteiger partial charge >= 0.3 is 0 Å². The van der Waals surface area contributed by atoms with E-state index in [0.29, 0.717) is 0 Å². The number of aryl methyl sites for hydroxylation is 2. The maximum Gasteiger partial charge on any atom is 0.267 e. The number of nitrogens with one attached hydrogen (secondary N) is 1. The van der Waals surface area contributed by atoms with Crippen molar-refractivity contribution in [2.24, 2.45) is 0 Å². The minimum Gasteiger partial charge on any atom is -0.350 e. The number of pyridine rings is 1. The van der Waals surface area contributed by atoms with Crippen molar-refractivity contribution in [2.45, 2.75) is 25.8 Å². The Morgan fingerprint density at radius 1 is 1.41 bits per heavy atom. The van der Waals surface area contributed by atoms with Crippen LogP contribution in [-0.2, 0) is 19.4 Å². The van der Waals surface area contributed by atoms with E-state index in [4.69, 9.17) is 0 Å². The number of hydrogen-bond acceptors (Lipinski definition) is 4. The van der Waals surface area contributed by atoms with E-state index in [1.165, 1.54) is 16.9 Å². The second kappa shape index (κ2) is 6.05. The van der Waals surface area contributed by atoms with Gasteiger partial charge < -0.3 is 5.32 Å². The molecule has 0 aromatic carbocycles. The van der Waals surface area contributed by atoms with Gasteiger partial charge in [0.1, 0.15) is 0 Å². The maximum atomic E-state index is 13.4. The molecule has 1 N–H and O–H groups in total. The highest BCUT2D eigenvalue weighted by Crippen LogP contribution is 2.16. The highest BCUT2D eigenvalue weighted by atomic mass is 19.1. The zero-order valence-corrected chi connectivity index (χ0v) is 11.9. The average Bonchev–Trinajstić information content (AvgIpc) is 2.94. The fourth-order valence-corrected chi connectivity index (χ4v) is 2.53. The lowest BCUT2D eigenvalue weighted by Crippen LogP contribution is -2.32. The van der Waals surface area contributed by atoms with Crippen molar-refractivity contribution >= 4 is 5.91 Å². The van der Waals surface area contributed by atoms with Crippen LogP contribution in [0, 0.1) is 5.82 Å². The van der Waals surface area contributed by atoms with Gasteiger partial charge in [0.25, 0.3) is 11.5 Å². The number of hydrogen-bond donors (Lipinski definition) is 1. The zero-order chi connectivity index (χ0) is 15.5. The van der Waals surface area contributed by atoms with Crippen molar-refractivity contribution in [2.75, 3.05) is 6.54 Å². The van der Waals surface area contributed by atoms with E-state index in [-0.39, 0.29) is 24.2 Å². The summed E-state index contributed by atoms with van der Waals surface area (Å²) in [4.78, 5) is 27.3. The molecule has 2 aromatic rings. The van der Waals surface area contributed by atoms with E-state index in [1.54, 1.807) is 6.07 Å². The van der Waals surface area contributed by atoms with Crippen LogP contribution in [0.4, 0.5) is 4.39 Å². The molecule has 2 aromatic heterocycles. The lowest BCUT2D eigenvalue weighted by molar-refractivity contribution is 0.0947. The van der Waals surface area contributed by atoms with Gasteiger partial charge in [-0.3, -0.25) is 14.6 Å². The molecular formula is C15H15FN4O2. The van der Waals surface area contributed by atoms with Gasteiger partial charge in [-0.2, -0.15) is 5.10 Å². The first kappa shape index (κ1) is 14.4. The zero-order valence-electron chi connectivity index (χ0n) is 11.9. The lowest BCUT2D eigenvalue weighted by atomic mass is 10.2. The first-order valence-electron chi connectivity index (χ1n) is 7.13. The molecule has 22 heavy (non-hydrogen) atoms. The SMILES string of the molecule is O=C(NCCn1nc2c(cc1=O)CCC2)c1ccncc1F. The third-order valence-corrected chi connectivity index (χ3v) is 3.65. The minimum absolute atomic E-state index is 0.0655. The molecule has 7 heteroatoms. The molecule has 0 aliphatic heterocycles. The van der Waals surface area contributed by atoms with Crippen LogP contribution in [0.2, 0.25) is 0 Å². The molecule has 0 saturated heterocycles. The smallest absolute Gasteiger partial charge is 0.267 e. The summed E-state index contributed by atoms with van der Waals surface area (Å²) in [5, 5.41) is 6.89. The summed E-state index contributed by atoms with van der Waals surface area (Å²) in [6.07, 6.45) is 5.14. The minimum atomic E-state index is -0.673. The molecule has 114 valence electrons. The van der Waals surface area contributed by atoms with E-state index < -0.39 is 11.7 Å². The Hall–Kier alpha value is -2.57. The third kappa shape index (κ3) is 2.88. The Morgan fingerprint density at radius 3 is 3.09 bits per heavy atom. The predicted octanol–water partition coefficient (Wildman–Crippen LogP) is 0.696. The summed E-state index contributed by atoms with van der Waals surface area (Å²) in [5.41, 5.74) is 1.73. The summed E-state index contributed by atoms with van der Waals surface area (Å²) in [6.45, 7) is 0.455. The van der Waals surface area contributed by atoms with E-state index in [1.807, 2.05) is 0 Å². The van der Waals surface area contributed by atoms with Crippen molar-refractivity contribution in [3.63, 3.8) is 0 Å². The number of carbonyl (C=O) groups is 1. The van der Waals surface area contributed by atoms with E-state index >= 15 is 0 Å². The Kier molecular flexibility index (Phi) is 3.95. The number of carbonyl (C=O) groups excluding carboxylic acids is 1. The monoisotopic (exact) mass is 302 g/mol. The van der Waals surface area contributed by atoms with E-state index in [9.17, 15) is 14.0 Å². The molecule has 0 saturated carbocycles. The van der Waals surface area contributed by atoms with Crippen LogP contribution < -0.4 is 10.9 Å². The topological polar surface area (TPSA) is 76.9 Å². The number of halogens is 1. The number of amides is 1. The Balaban J connectivity index is 1.63. The normalized spacial score (nSPS) is 13.0. The van der Waals surface area contributed by atoms with Crippen LogP contribution >= 0.6 is 0 Å². The molecule has 0 fully saturated rings. The number of fused-ring (bicyclic) bond motifs is 1. The second-order valence-electron chi connectivity index (χ2n) is 5.14. The summed E-state index contributed by atoms with van der Waals surface area (Å²) in [6, 6.07) is 2.92. The van der Waals surface area contributed by atoms with Crippen LogP contribution in [0.15, 0.2) is 29.3 Å². The van der Waals surface area contributed by atoms with Crippen molar-refractivity contribution in [3.05, 3.63) is 57.5 Å². The van der Waals surface area contributed by atoms with E-state index in [2.05, 4.69) is 15.4 Å². The first-order valence-corrected chi connectivity index (χ1v) is 7.13. The molecule has 3 rings (SSSR count). The van der Waals surface area contributed by atoms with Crippen LogP contribution in [0.1, 0.15) is 28.0 Å².